The first-order chi connectivity index (χ1) is 8.63. The molecule has 1 aromatic rings. The number of amides is 1. The van der Waals surface area contributed by atoms with Crippen molar-refractivity contribution in [3.63, 3.8) is 0 Å². The molecule has 1 aromatic carbocycles. The van der Waals surface area contributed by atoms with Gasteiger partial charge in [0.25, 0.3) is 0 Å². The molecule has 0 heterocycles. The molecule has 2 saturated carbocycles. The summed E-state index contributed by atoms with van der Waals surface area (Å²) in [5.41, 5.74) is 2.13. The van der Waals surface area contributed by atoms with Gasteiger partial charge in [-0.15, -0.1) is 0 Å². The molecule has 3 heteroatoms. The summed E-state index contributed by atoms with van der Waals surface area (Å²) in [5, 5.41) is 3.12. The van der Waals surface area contributed by atoms with Crippen LogP contribution >= 0.6 is 22.6 Å². The fourth-order valence-corrected chi connectivity index (χ4v) is 4.21. The van der Waals surface area contributed by atoms with E-state index in [1.165, 1.54) is 22.8 Å². The predicted molar refractivity (Wildman–Crippen MR) is 81.5 cm³/mol. The number of fused-ring (bicyclic) bond motifs is 2. The first-order valence-corrected chi connectivity index (χ1v) is 7.78. The van der Waals surface area contributed by atoms with Crippen molar-refractivity contribution in [1.82, 2.24) is 0 Å². The van der Waals surface area contributed by atoms with Crippen molar-refractivity contribution < 1.29 is 4.79 Å². The molecule has 1 N–H and O–H groups in total. The Hall–Kier alpha value is -0.580. The van der Waals surface area contributed by atoms with Crippen LogP contribution in [0.4, 0.5) is 5.69 Å². The zero-order valence-electron chi connectivity index (χ0n) is 10.6. The Morgan fingerprint density at radius 1 is 1.33 bits per heavy atom. The van der Waals surface area contributed by atoms with E-state index in [1.54, 1.807) is 0 Å². The van der Waals surface area contributed by atoms with E-state index < -0.39 is 0 Å². The molecule has 0 spiro atoms. The smallest absolute Gasteiger partial charge is 0.227 e. The summed E-state index contributed by atoms with van der Waals surface area (Å²) >= 11 is 2.30. The molecule has 96 valence electrons. The molecule has 18 heavy (non-hydrogen) atoms. The summed E-state index contributed by atoms with van der Waals surface area (Å²) in [7, 11) is 0. The van der Waals surface area contributed by atoms with Crippen molar-refractivity contribution >= 4 is 34.2 Å². The Bertz CT molecular complexity index is 485. The molecule has 2 bridgehead atoms. The third-order valence-corrected chi connectivity index (χ3v) is 5.19. The third-order valence-electron chi connectivity index (χ3n) is 4.52. The van der Waals surface area contributed by atoms with Gasteiger partial charge in [-0.2, -0.15) is 0 Å². The van der Waals surface area contributed by atoms with Gasteiger partial charge < -0.3 is 5.32 Å². The summed E-state index contributed by atoms with van der Waals surface area (Å²) in [6, 6.07) is 6.17. The molecule has 2 aliphatic rings. The highest BCUT2D eigenvalue weighted by molar-refractivity contribution is 14.1. The van der Waals surface area contributed by atoms with Crippen molar-refractivity contribution in [2.24, 2.45) is 17.8 Å². The highest BCUT2D eigenvalue weighted by Crippen LogP contribution is 2.48. The van der Waals surface area contributed by atoms with Gasteiger partial charge in [-0.1, -0.05) is 6.42 Å². The SMILES string of the molecule is Cc1cc(I)ccc1NC(=O)[C@H]1C[C@H]2CC[C@@H]1C2. The number of halogens is 1. The molecule has 2 nitrogen and oxygen atoms in total. The van der Waals surface area contributed by atoms with Gasteiger partial charge in [-0.05, 0) is 84.4 Å². The maximum atomic E-state index is 12.3. The Morgan fingerprint density at radius 2 is 2.17 bits per heavy atom. The first kappa shape index (κ1) is 12.5. The molecule has 1 amide bonds. The molecule has 0 saturated heterocycles. The van der Waals surface area contributed by atoms with Crippen molar-refractivity contribution in [3.05, 3.63) is 27.3 Å². The predicted octanol–water partition coefficient (Wildman–Crippen LogP) is 3.97. The number of carbonyl (C=O) groups is 1. The quantitative estimate of drug-likeness (QED) is 0.799. The lowest BCUT2D eigenvalue weighted by Crippen LogP contribution is -2.27. The Morgan fingerprint density at radius 3 is 2.78 bits per heavy atom. The van der Waals surface area contributed by atoms with Crippen LogP contribution in [-0.4, -0.2) is 5.91 Å². The molecular formula is C15H18INO. The van der Waals surface area contributed by atoms with Crippen LogP contribution in [0.15, 0.2) is 18.2 Å². The van der Waals surface area contributed by atoms with E-state index in [9.17, 15) is 4.79 Å². The largest absolute Gasteiger partial charge is 0.326 e. The van der Waals surface area contributed by atoms with Gasteiger partial charge >= 0.3 is 0 Å². The number of rotatable bonds is 2. The topological polar surface area (TPSA) is 29.1 Å². The second kappa shape index (κ2) is 4.83. The Balaban J connectivity index is 1.71. The summed E-state index contributed by atoms with van der Waals surface area (Å²) in [6.45, 7) is 2.05. The highest BCUT2D eigenvalue weighted by Gasteiger charge is 2.43. The van der Waals surface area contributed by atoms with Gasteiger partial charge in [0, 0.05) is 15.2 Å². The number of hydrogen-bond acceptors (Lipinski definition) is 1. The van der Waals surface area contributed by atoms with E-state index >= 15 is 0 Å². The Kier molecular flexibility index (Phi) is 3.34. The number of carbonyl (C=O) groups excluding carboxylic acids is 1. The fourth-order valence-electron chi connectivity index (χ4n) is 3.56. The average molecular weight is 355 g/mol. The lowest BCUT2D eigenvalue weighted by Gasteiger charge is -2.21. The van der Waals surface area contributed by atoms with E-state index in [0.29, 0.717) is 5.92 Å². The van der Waals surface area contributed by atoms with Crippen LogP contribution in [-0.2, 0) is 4.79 Å². The van der Waals surface area contributed by atoms with E-state index in [-0.39, 0.29) is 11.8 Å². The van der Waals surface area contributed by atoms with Crippen molar-refractivity contribution in [2.45, 2.75) is 32.6 Å². The van der Waals surface area contributed by atoms with E-state index in [2.05, 4.69) is 40.9 Å². The van der Waals surface area contributed by atoms with Gasteiger partial charge in [-0.3, -0.25) is 4.79 Å². The second-order valence-electron chi connectivity index (χ2n) is 5.73. The van der Waals surface area contributed by atoms with Gasteiger partial charge in [-0.25, -0.2) is 0 Å². The van der Waals surface area contributed by atoms with Crippen LogP contribution in [0, 0.1) is 28.2 Å². The third kappa shape index (κ3) is 2.29. The van der Waals surface area contributed by atoms with Crippen LogP contribution in [0.5, 0.6) is 0 Å². The van der Waals surface area contributed by atoms with Gasteiger partial charge in [0.05, 0.1) is 0 Å². The zero-order chi connectivity index (χ0) is 12.7. The highest BCUT2D eigenvalue weighted by atomic mass is 127. The standard InChI is InChI=1S/C15H18INO/c1-9-6-12(16)4-5-14(9)17-15(18)13-8-10-2-3-11(13)7-10/h4-6,10-11,13H,2-3,7-8H2,1H3,(H,17,18)/t10-,11+,13-/m0/s1. The van der Waals surface area contributed by atoms with E-state index in [0.717, 1.165) is 23.6 Å². The number of benzene rings is 1. The van der Waals surface area contributed by atoms with E-state index in [1.807, 2.05) is 12.1 Å². The Labute approximate surface area is 122 Å². The summed E-state index contributed by atoms with van der Waals surface area (Å²) in [5.74, 6) is 1.98. The van der Waals surface area contributed by atoms with Crippen LogP contribution in [0.2, 0.25) is 0 Å². The normalized spacial score (nSPS) is 29.6. The molecule has 2 aliphatic carbocycles. The van der Waals surface area contributed by atoms with Crippen molar-refractivity contribution in [2.75, 3.05) is 5.32 Å². The van der Waals surface area contributed by atoms with Crippen LogP contribution in [0.3, 0.4) is 0 Å². The molecule has 0 aromatic heterocycles. The molecule has 3 atom stereocenters. The lowest BCUT2D eigenvalue weighted by molar-refractivity contribution is -0.121. The minimum absolute atomic E-state index is 0.242. The zero-order valence-corrected chi connectivity index (χ0v) is 12.7. The summed E-state index contributed by atoms with van der Waals surface area (Å²) < 4.78 is 1.21. The molecule has 0 radical (unpaired) electrons. The average Bonchev–Trinajstić information content (AvgIpc) is 2.94. The second-order valence-corrected chi connectivity index (χ2v) is 6.98. The minimum Gasteiger partial charge on any atom is -0.326 e. The van der Waals surface area contributed by atoms with Crippen molar-refractivity contribution in [1.29, 1.82) is 0 Å². The van der Waals surface area contributed by atoms with Gasteiger partial charge in [0.15, 0.2) is 0 Å². The van der Waals surface area contributed by atoms with Gasteiger partial charge in [0.1, 0.15) is 0 Å². The summed E-state index contributed by atoms with van der Waals surface area (Å²) in [6.07, 6.45) is 5.00. The summed E-state index contributed by atoms with van der Waals surface area (Å²) in [4.78, 5) is 12.3. The monoisotopic (exact) mass is 355 g/mol. The van der Waals surface area contributed by atoms with Crippen LogP contribution < -0.4 is 5.32 Å². The van der Waals surface area contributed by atoms with Crippen LogP contribution in [0.25, 0.3) is 0 Å². The number of aryl methyl sites for hydroxylation is 1. The maximum Gasteiger partial charge on any atom is 0.227 e. The minimum atomic E-state index is 0.242. The molecule has 0 aliphatic heterocycles. The van der Waals surface area contributed by atoms with E-state index in [4.69, 9.17) is 0 Å². The number of nitrogens with one attached hydrogen (secondary N) is 1. The molecule has 2 fully saturated rings. The van der Waals surface area contributed by atoms with Crippen molar-refractivity contribution in [3.8, 4) is 0 Å². The number of anilines is 1. The van der Waals surface area contributed by atoms with Gasteiger partial charge in [0.2, 0.25) is 5.91 Å². The van der Waals surface area contributed by atoms with Crippen LogP contribution in [0.1, 0.15) is 31.2 Å². The molecule has 0 unspecified atom stereocenters. The first-order valence-electron chi connectivity index (χ1n) is 6.70. The lowest BCUT2D eigenvalue weighted by atomic mass is 9.88. The maximum absolute atomic E-state index is 12.3. The molecule has 3 rings (SSSR count). The molecular weight excluding hydrogens is 337 g/mol. The number of hydrogen-bond donors (Lipinski definition) is 1. The fraction of sp³-hybridized carbons (Fsp3) is 0.533.